The number of hydrogen-bond donors (Lipinski definition) is 2. The van der Waals surface area contributed by atoms with Gasteiger partial charge in [-0.3, -0.25) is 0 Å². The fourth-order valence-electron chi connectivity index (χ4n) is 3.08. The average Bonchev–Trinajstić information content (AvgIpc) is 2.54. The normalized spacial score (nSPS) is 19.0. The summed E-state index contributed by atoms with van der Waals surface area (Å²) in [5.74, 6) is 1.51. The van der Waals surface area contributed by atoms with Gasteiger partial charge in [0.1, 0.15) is 30.8 Å². The summed E-state index contributed by atoms with van der Waals surface area (Å²) in [5.41, 5.74) is 0. The van der Waals surface area contributed by atoms with Crippen molar-refractivity contribution in [3.05, 3.63) is 24.3 Å². The van der Waals surface area contributed by atoms with Crippen molar-refractivity contribution in [1.82, 2.24) is 0 Å². The van der Waals surface area contributed by atoms with Crippen molar-refractivity contribution in [2.24, 2.45) is 0 Å². The Morgan fingerprint density at radius 2 is 1.95 bits per heavy atom. The lowest BCUT2D eigenvalue weighted by atomic mass is 9.94. The number of aliphatic hydroxyl groups excluding tert-OH is 1. The maximum absolute atomic E-state index is 10.2. The lowest BCUT2D eigenvalue weighted by Gasteiger charge is -2.29. The molecule has 0 heterocycles. The van der Waals surface area contributed by atoms with E-state index in [-0.39, 0.29) is 0 Å². The Kier molecular flexibility index (Phi) is 6.33. The second-order valence-electron chi connectivity index (χ2n) is 6.03. The van der Waals surface area contributed by atoms with Crippen molar-refractivity contribution in [2.75, 3.05) is 27.3 Å². The number of methoxy groups -OCH3 is 1. The van der Waals surface area contributed by atoms with Crippen molar-refractivity contribution >= 4 is 0 Å². The Morgan fingerprint density at radius 1 is 1.24 bits per heavy atom. The molecule has 0 amide bonds. The van der Waals surface area contributed by atoms with Crippen LogP contribution in [-0.2, 0) is 0 Å². The Labute approximate surface area is 127 Å². The summed E-state index contributed by atoms with van der Waals surface area (Å²) in [6.45, 7) is 1.08. The summed E-state index contributed by atoms with van der Waals surface area (Å²) in [4.78, 5) is 1.43. The number of aliphatic hydroxyl groups is 1. The quantitative estimate of drug-likeness (QED) is 0.796. The molecule has 2 atom stereocenters. The van der Waals surface area contributed by atoms with Gasteiger partial charge >= 0.3 is 0 Å². The van der Waals surface area contributed by atoms with Gasteiger partial charge in [0.05, 0.1) is 20.2 Å². The van der Waals surface area contributed by atoms with Gasteiger partial charge in [0.2, 0.25) is 0 Å². The van der Waals surface area contributed by atoms with Gasteiger partial charge in [-0.15, -0.1) is 0 Å². The molecule has 0 saturated heterocycles. The zero-order valence-electron chi connectivity index (χ0n) is 13.2. The van der Waals surface area contributed by atoms with E-state index in [0.717, 1.165) is 18.0 Å². The van der Waals surface area contributed by atoms with E-state index in [0.29, 0.717) is 12.6 Å². The van der Waals surface area contributed by atoms with Gasteiger partial charge in [0, 0.05) is 6.07 Å². The van der Waals surface area contributed by atoms with Crippen LogP contribution in [0.2, 0.25) is 0 Å². The van der Waals surface area contributed by atoms with E-state index in [9.17, 15) is 5.11 Å². The van der Waals surface area contributed by atoms with Crippen LogP contribution in [0.4, 0.5) is 0 Å². The summed E-state index contributed by atoms with van der Waals surface area (Å²) < 4.78 is 10.8. The fourth-order valence-corrected chi connectivity index (χ4v) is 3.08. The van der Waals surface area contributed by atoms with Gasteiger partial charge in [0.15, 0.2) is 0 Å². The molecule has 0 bridgehead atoms. The SMILES string of the molecule is COc1cccc(OCC(O)C[NH+](C)C2CCCCC2)c1. The van der Waals surface area contributed by atoms with E-state index in [1.54, 1.807) is 7.11 Å². The lowest BCUT2D eigenvalue weighted by molar-refractivity contribution is -0.910. The third-order valence-electron chi connectivity index (χ3n) is 4.34. The third kappa shape index (κ3) is 5.21. The molecule has 4 nitrogen and oxygen atoms in total. The maximum atomic E-state index is 10.2. The van der Waals surface area contributed by atoms with Crippen molar-refractivity contribution in [3.8, 4) is 11.5 Å². The highest BCUT2D eigenvalue weighted by Crippen LogP contribution is 2.19. The van der Waals surface area contributed by atoms with Gasteiger partial charge in [-0.2, -0.15) is 0 Å². The summed E-state index contributed by atoms with van der Waals surface area (Å²) in [6.07, 6.45) is 6.17. The van der Waals surface area contributed by atoms with E-state index in [1.807, 2.05) is 24.3 Å². The fraction of sp³-hybridized carbons (Fsp3) is 0.647. The van der Waals surface area contributed by atoms with E-state index in [1.165, 1.54) is 37.0 Å². The monoisotopic (exact) mass is 294 g/mol. The minimum atomic E-state index is -0.432. The smallest absolute Gasteiger partial charge is 0.137 e. The van der Waals surface area contributed by atoms with Gasteiger partial charge in [-0.25, -0.2) is 0 Å². The zero-order valence-corrected chi connectivity index (χ0v) is 13.2. The van der Waals surface area contributed by atoms with E-state index >= 15 is 0 Å². The second kappa shape index (κ2) is 8.25. The third-order valence-corrected chi connectivity index (χ3v) is 4.34. The Bertz CT molecular complexity index is 418. The standard InChI is InChI=1S/C17H27NO3/c1-18(14-7-4-3-5-8-14)12-15(19)13-21-17-10-6-9-16(11-17)20-2/h6,9-11,14-15,19H,3-5,7-8,12-13H2,1-2H3/p+1. The first-order chi connectivity index (χ1) is 10.2. The highest BCUT2D eigenvalue weighted by molar-refractivity contribution is 5.32. The minimum Gasteiger partial charge on any atom is -0.497 e. The number of benzene rings is 1. The second-order valence-corrected chi connectivity index (χ2v) is 6.03. The predicted molar refractivity (Wildman–Crippen MR) is 83.1 cm³/mol. The molecule has 2 unspecified atom stereocenters. The number of nitrogens with one attached hydrogen (secondary N) is 1. The lowest BCUT2D eigenvalue weighted by Crippen LogP contribution is -3.14. The van der Waals surface area contributed by atoms with Crippen LogP contribution in [0.5, 0.6) is 11.5 Å². The molecule has 118 valence electrons. The van der Waals surface area contributed by atoms with Crippen molar-refractivity contribution in [2.45, 2.75) is 44.2 Å². The van der Waals surface area contributed by atoms with Crippen molar-refractivity contribution in [1.29, 1.82) is 0 Å². The number of hydrogen-bond acceptors (Lipinski definition) is 3. The zero-order chi connectivity index (χ0) is 15.1. The highest BCUT2D eigenvalue weighted by atomic mass is 16.5. The Hall–Kier alpha value is -1.26. The van der Waals surface area contributed by atoms with Crippen molar-refractivity contribution in [3.63, 3.8) is 0 Å². The largest absolute Gasteiger partial charge is 0.497 e. The van der Waals surface area contributed by atoms with Crippen LogP contribution in [0.3, 0.4) is 0 Å². The van der Waals surface area contributed by atoms with Gasteiger partial charge in [-0.05, 0) is 37.8 Å². The number of ether oxygens (including phenoxy) is 2. The molecule has 1 aliphatic rings. The van der Waals surface area contributed by atoms with Gasteiger partial charge in [-0.1, -0.05) is 12.5 Å². The van der Waals surface area contributed by atoms with Gasteiger partial charge < -0.3 is 19.5 Å². The summed E-state index contributed by atoms with van der Waals surface area (Å²) in [7, 11) is 3.82. The van der Waals surface area contributed by atoms with E-state index in [2.05, 4.69) is 7.05 Å². The molecule has 21 heavy (non-hydrogen) atoms. The molecule has 2 rings (SSSR count). The number of quaternary nitrogens is 1. The van der Waals surface area contributed by atoms with Gasteiger partial charge in [0.25, 0.3) is 0 Å². The number of likely N-dealkylation sites (N-methyl/N-ethyl adjacent to an activating group) is 1. The Morgan fingerprint density at radius 3 is 2.67 bits per heavy atom. The van der Waals surface area contributed by atoms with Crippen LogP contribution in [0.15, 0.2) is 24.3 Å². The maximum Gasteiger partial charge on any atom is 0.137 e. The molecule has 1 aromatic rings. The molecular weight excluding hydrogens is 266 g/mol. The molecule has 4 heteroatoms. The molecule has 1 fully saturated rings. The van der Waals surface area contributed by atoms with Crippen LogP contribution in [0, 0.1) is 0 Å². The average molecular weight is 294 g/mol. The van der Waals surface area contributed by atoms with Crippen LogP contribution >= 0.6 is 0 Å². The van der Waals surface area contributed by atoms with Crippen LogP contribution in [0.1, 0.15) is 32.1 Å². The van der Waals surface area contributed by atoms with Crippen LogP contribution in [-0.4, -0.2) is 44.6 Å². The molecular formula is C17H28NO3+. The summed E-state index contributed by atoms with van der Waals surface area (Å²) in [6, 6.07) is 8.19. The van der Waals surface area contributed by atoms with E-state index < -0.39 is 6.10 Å². The molecule has 0 radical (unpaired) electrons. The molecule has 1 aromatic carbocycles. The first-order valence-electron chi connectivity index (χ1n) is 7.96. The molecule has 0 spiro atoms. The van der Waals surface area contributed by atoms with Crippen molar-refractivity contribution < 1.29 is 19.5 Å². The number of rotatable bonds is 7. The molecule has 1 saturated carbocycles. The van der Waals surface area contributed by atoms with Crippen LogP contribution in [0.25, 0.3) is 0 Å². The van der Waals surface area contributed by atoms with Crippen LogP contribution < -0.4 is 14.4 Å². The highest BCUT2D eigenvalue weighted by Gasteiger charge is 2.23. The first-order valence-corrected chi connectivity index (χ1v) is 7.96. The Balaban J connectivity index is 1.74. The summed E-state index contributed by atoms with van der Waals surface area (Å²) in [5, 5.41) is 10.2. The molecule has 0 aromatic heterocycles. The molecule has 1 aliphatic carbocycles. The van der Waals surface area contributed by atoms with E-state index in [4.69, 9.17) is 9.47 Å². The summed E-state index contributed by atoms with van der Waals surface area (Å²) >= 11 is 0. The molecule has 2 N–H and O–H groups in total. The minimum absolute atomic E-state index is 0.331. The topological polar surface area (TPSA) is 43.1 Å². The predicted octanol–water partition coefficient (Wildman–Crippen LogP) is 1.28. The first kappa shape index (κ1) is 16.1. The molecule has 0 aliphatic heterocycles.